The van der Waals surface area contributed by atoms with Gasteiger partial charge in [0.1, 0.15) is 18.5 Å². The summed E-state index contributed by atoms with van der Waals surface area (Å²) in [7, 11) is 0. The molecule has 0 saturated carbocycles. The summed E-state index contributed by atoms with van der Waals surface area (Å²) >= 11 is 0. The van der Waals surface area contributed by atoms with Crippen molar-refractivity contribution in [3.05, 3.63) is 54.1 Å². The average Bonchev–Trinajstić information content (AvgIpc) is 2.76. The summed E-state index contributed by atoms with van der Waals surface area (Å²) in [5, 5.41) is 2.69. The largest absolute Gasteiger partial charge is 0.494 e. The Labute approximate surface area is 169 Å². The normalized spacial score (nSPS) is 14.7. The van der Waals surface area contributed by atoms with Crippen LogP contribution in [0.5, 0.6) is 17.2 Å². The molecule has 1 amide bonds. The predicted molar refractivity (Wildman–Crippen MR) is 106 cm³/mol. The Morgan fingerprint density at radius 1 is 1.10 bits per heavy atom. The van der Waals surface area contributed by atoms with E-state index in [1.807, 2.05) is 24.3 Å². The Kier molecular flexibility index (Phi) is 7.33. The third-order valence-corrected chi connectivity index (χ3v) is 4.29. The standard InChI is InChI=1S/C22H25NO6/c1-2-3-12-26-17-10-8-16(9-11-17)22(25)28-15-21(24)23-13-18-14-27-19-6-4-5-7-20(19)29-18/h4-11,18H,2-3,12-15H2,1H3,(H,23,24)/t18-/m1/s1. The molecule has 0 radical (unpaired) electrons. The number of rotatable bonds is 9. The maximum Gasteiger partial charge on any atom is 0.338 e. The van der Waals surface area contributed by atoms with Crippen LogP contribution in [0.25, 0.3) is 0 Å². The number of hydrogen-bond donors (Lipinski definition) is 1. The minimum Gasteiger partial charge on any atom is -0.494 e. The smallest absolute Gasteiger partial charge is 0.338 e. The molecule has 0 saturated heterocycles. The molecule has 1 aliphatic rings. The van der Waals surface area contributed by atoms with E-state index in [9.17, 15) is 9.59 Å². The van der Waals surface area contributed by atoms with Crippen molar-refractivity contribution in [3.8, 4) is 17.2 Å². The van der Waals surface area contributed by atoms with Crippen molar-refractivity contribution in [2.24, 2.45) is 0 Å². The van der Waals surface area contributed by atoms with Gasteiger partial charge >= 0.3 is 5.97 Å². The first-order chi connectivity index (χ1) is 14.2. The molecule has 1 atom stereocenters. The molecule has 7 heteroatoms. The molecule has 1 heterocycles. The van der Waals surface area contributed by atoms with Crippen LogP contribution >= 0.6 is 0 Å². The van der Waals surface area contributed by atoms with Gasteiger partial charge in [0.25, 0.3) is 5.91 Å². The molecule has 0 unspecified atom stereocenters. The van der Waals surface area contributed by atoms with Crippen LogP contribution in [0.3, 0.4) is 0 Å². The van der Waals surface area contributed by atoms with Crippen molar-refractivity contribution >= 4 is 11.9 Å². The van der Waals surface area contributed by atoms with Crippen LogP contribution in [0, 0.1) is 0 Å². The Morgan fingerprint density at radius 3 is 2.62 bits per heavy atom. The lowest BCUT2D eigenvalue weighted by Crippen LogP contribution is -2.42. The van der Waals surface area contributed by atoms with Crippen molar-refractivity contribution in [3.63, 3.8) is 0 Å². The number of nitrogens with one attached hydrogen (secondary N) is 1. The molecule has 154 valence electrons. The fourth-order valence-corrected chi connectivity index (χ4v) is 2.68. The molecule has 3 rings (SSSR count). The maximum atomic E-state index is 12.1. The summed E-state index contributed by atoms with van der Waals surface area (Å²) in [6.07, 6.45) is 1.73. The van der Waals surface area contributed by atoms with Crippen LogP contribution in [0.4, 0.5) is 0 Å². The zero-order chi connectivity index (χ0) is 20.5. The lowest BCUT2D eigenvalue weighted by atomic mass is 10.2. The minimum absolute atomic E-state index is 0.258. The number of benzene rings is 2. The molecule has 0 spiro atoms. The molecule has 29 heavy (non-hydrogen) atoms. The van der Waals surface area contributed by atoms with Gasteiger partial charge in [-0.3, -0.25) is 4.79 Å². The van der Waals surface area contributed by atoms with Crippen molar-refractivity contribution in [2.45, 2.75) is 25.9 Å². The molecule has 0 bridgehead atoms. The maximum absolute atomic E-state index is 12.1. The third-order valence-electron chi connectivity index (χ3n) is 4.29. The van der Waals surface area contributed by atoms with Crippen molar-refractivity contribution in [2.75, 3.05) is 26.4 Å². The van der Waals surface area contributed by atoms with Crippen LogP contribution in [0.15, 0.2) is 48.5 Å². The minimum atomic E-state index is -0.563. The van der Waals surface area contributed by atoms with E-state index in [1.54, 1.807) is 24.3 Å². The van der Waals surface area contributed by atoms with E-state index < -0.39 is 11.9 Å². The molecule has 1 N–H and O–H groups in total. The summed E-state index contributed by atoms with van der Waals surface area (Å²) in [6, 6.07) is 14.0. The van der Waals surface area contributed by atoms with Gasteiger partial charge < -0.3 is 24.3 Å². The summed E-state index contributed by atoms with van der Waals surface area (Å²) in [5.74, 6) is 1.06. The van der Waals surface area contributed by atoms with Crippen LogP contribution in [-0.2, 0) is 9.53 Å². The number of carbonyl (C=O) groups is 2. The molecule has 1 aliphatic heterocycles. The van der Waals surface area contributed by atoms with Crippen molar-refractivity contribution in [1.82, 2.24) is 5.32 Å². The van der Waals surface area contributed by atoms with Gasteiger partial charge in [0.2, 0.25) is 0 Å². The van der Waals surface area contributed by atoms with Gasteiger partial charge in [0.05, 0.1) is 18.7 Å². The van der Waals surface area contributed by atoms with Crippen LogP contribution in [-0.4, -0.2) is 44.3 Å². The van der Waals surface area contributed by atoms with E-state index in [0.29, 0.717) is 36.0 Å². The van der Waals surface area contributed by atoms with Gasteiger partial charge in [-0.25, -0.2) is 4.79 Å². The number of esters is 1. The summed E-state index contributed by atoms with van der Waals surface area (Å²) in [4.78, 5) is 24.0. The SMILES string of the molecule is CCCCOc1ccc(C(=O)OCC(=O)NC[C@@H]2COc3ccccc3O2)cc1. The number of amides is 1. The number of hydrogen-bond acceptors (Lipinski definition) is 6. The molecule has 2 aromatic carbocycles. The zero-order valence-corrected chi connectivity index (χ0v) is 16.4. The van der Waals surface area contributed by atoms with Gasteiger partial charge in [-0.2, -0.15) is 0 Å². The second kappa shape index (κ2) is 10.4. The molecule has 7 nitrogen and oxygen atoms in total. The molecule has 0 fully saturated rings. The monoisotopic (exact) mass is 399 g/mol. The van der Waals surface area contributed by atoms with Gasteiger partial charge in [-0.15, -0.1) is 0 Å². The second-order valence-corrected chi connectivity index (χ2v) is 6.60. The van der Waals surface area contributed by atoms with E-state index in [1.165, 1.54) is 0 Å². The highest BCUT2D eigenvalue weighted by atomic mass is 16.6. The Hall–Kier alpha value is -3.22. The van der Waals surface area contributed by atoms with Crippen LogP contribution < -0.4 is 19.5 Å². The second-order valence-electron chi connectivity index (χ2n) is 6.60. The molecule has 0 aromatic heterocycles. The first-order valence-electron chi connectivity index (χ1n) is 9.71. The highest BCUT2D eigenvalue weighted by Gasteiger charge is 2.21. The topological polar surface area (TPSA) is 83.1 Å². The predicted octanol–water partition coefficient (Wildman–Crippen LogP) is 2.98. The fraction of sp³-hybridized carbons (Fsp3) is 0.364. The number of fused-ring (bicyclic) bond motifs is 1. The summed E-state index contributed by atoms with van der Waals surface area (Å²) < 4.78 is 22.0. The summed E-state index contributed by atoms with van der Waals surface area (Å²) in [5.41, 5.74) is 0.362. The fourth-order valence-electron chi connectivity index (χ4n) is 2.68. The van der Waals surface area contributed by atoms with Gasteiger partial charge in [0, 0.05) is 0 Å². The van der Waals surface area contributed by atoms with E-state index in [-0.39, 0.29) is 19.3 Å². The Bertz CT molecular complexity index is 820. The number of para-hydroxylation sites is 2. The Balaban J connectivity index is 1.37. The molecular formula is C22H25NO6. The van der Waals surface area contributed by atoms with Gasteiger partial charge in [-0.1, -0.05) is 25.5 Å². The first kappa shape index (κ1) is 20.5. The number of carbonyl (C=O) groups excluding carboxylic acids is 2. The first-order valence-corrected chi connectivity index (χ1v) is 9.71. The third kappa shape index (κ3) is 6.14. The highest BCUT2D eigenvalue weighted by Crippen LogP contribution is 2.30. The quantitative estimate of drug-likeness (QED) is 0.516. The van der Waals surface area contributed by atoms with E-state index >= 15 is 0 Å². The van der Waals surface area contributed by atoms with Crippen molar-refractivity contribution < 1.29 is 28.5 Å². The number of ether oxygens (including phenoxy) is 4. The van der Waals surface area contributed by atoms with Crippen LogP contribution in [0.1, 0.15) is 30.1 Å². The lowest BCUT2D eigenvalue weighted by Gasteiger charge is -2.26. The zero-order valence-electron chi connectivity index (χ0n) is 16.4. The molecule has 2 aromatic rings. The lowest BCUT2D eigenvalue weighted by molar-refractivity contribution is -0.124. The van der Waals surface area contributed by atoms with E-state index in [4.69, 9.17) is 18.9 Å². The van der Waals surface area contributed by atoms with Crippen molar-refractivity contribution in [1.29, 1.82) is 0 Å². The number of unbranched alkanes of at least 4 members (excludes halogenated alkanes) is 1. The van der Waals surface area contributed by atoms with Gasteiger partial charge in [0.15, 0.2) is 18.1 Å². The molecule has 0 aliphatic carbocycles. The van der Waals surface area contributed by atoms with E-state index in [0.717, 1.165) is 12.8 Å². The van der Waals surface area contributed by atoms with E-state index in [2.05, 4.69) is 12.2 Å². The molecular weight excluding hydrogens is 374 g/mol. The highest BCUT2D eigenvalue weighted by molar-refractivity contribution is 5.91. The van der Waals surface area contributed by atoms with Gasteiger partial charge in [-0.05, 0) is 42.8 Å². The van der Waals surface area contributed by atoms with Crippen LogP contribution in [0.2, 0.25) is 0 Å². The Morgan fingerprint density at radius 2 is 1.86 bits per heavy atom. The average molecular weight is 399 g/mol. The summed E-state index contributed by atoms with van der Waals surface area (Å²) in [6.45, 7) is 2.96.